The van der Waals surface area contributed by atoms with E-state index in [-0.39, 0.29) is 23.5 Å². The minimum Gasteiger partial charge on any atom is -0.376 e. The molecule has 1 amide bonds. The molecule has 9 heteroatoms. The van der Waals surface area contributed by atoms with E-state index in [1.54, 1.807) is 24.1 Å². The molecule has 7 nitrogen and oxygen atoms in total. The summed E-state index contributed by atoms with van der Waals surface area (Å²) in [6.07, 6.45) is 1.80. The van der Waals surface area contributed by atoms with Gasteiger partial charge in [-0.05, 0) is 73.7 Å². The molecule has 1 aromatic heterocycles. The number of hydrogen-bond donors (Lipinski definition) is 0. The second-order valence-electron chi connectivity index (χ2n) is 9.67. The maximum Gasteiger partial charge on any atom is 0.260 e. The summed E-state index contributed by atoms with van der Waals surface area (Å²) < 4.78 is 34.5. The second-order valence-corrected chi connectivity index (χ2v) is 12.7. The number of sulfonamides is 1. The summed E-state index contributed by atoms with van der Waals surface area (Å²) >= 11 is 1.48. The molecule has 4 aromatic rings. The minimum atomic E-state index is -3.72. The number of carbonyl (C=O) groups is 1. The van der Waals surface area contributed by atoms with Gasteiger partial charge in [-0.25, -0.2) is 13.4 Å². The van der Waals surface area contributed by atoms with E-state index in [1.165, 1.54) is 27.8 Å². The van der Waals surface area contributed by atoms with Crippen LogP contribution in [0.5, 0.6) is 0 Å². The number of nitrogens with zero attached hydrogens (tertiary/aromatic N) is 3. The summed E-state index contributed by atoms with van der Waals surface area (Å²) in [6.45, 7) is 5.44. The molecule has 1 aliphatic heterocycles. The van der Waals surface area contributed by atoms with Crippen molar-refractivity contribution in [1.82, 2.24) is 9.29 Å². The standard InChI is InChI=1S/C29H31N3O4S2/c1-20-11-16-26-27(21(20)2)30-29(37-26)32(19-24-10-7-17-36-24)28(33)23-12-14-25(15-13-23)38(34,35)31(3)18-22-8-5-4-6-9-22/h4-6,8-9,11-16,24H,7,10,17-19H2,1-3H3. The lowest BCUT2D eigenvalue weighted by Gasteiger charge is -2.23. The lowest BCUT2D eigenvalue weighted by molar-refractivity contribution is 0.0917. The third-order valence-corrected chi connectivity index (χ3v) is 9.88. The SMILES string of the molecule is Cc1ccc2sc(N(CC3CCCO3)C(=O)c3ccc(S(=O)(=O)N(C)Cc4ccccc4)cc3)nc2c1C. The van der Waals surface area contributed by atoms with Crippen LogP contribution in [0.2, 0.25) is 0 Å². The van der Waals surface area contributed by atoms with Crippen molar-refractivity contribution in [2.24, 2.45) is 0 Å². The number of carbonyl (C=O) groups excluding carboxylic acids is 1. The lowest BCUT2D eigenvalue weighted by atomic mass is 10.1. The summed E-state index contributed by atoms with van der Waals surface area (Å²) in [5.74, 6) is -0.226. The fourth-order valence-electron chi connectivity index (χ4n) is 4.60. The zero-order valence-corrected chi connectivity index (χ0v) is 23.4. The molecule has 0 saturated carbocycles. The van der Waals surface area contributed by atoms with Gasteiger partial charge in [-0.15, -0.1) is 0 Å². The Morgan fingerprint density at radius 3 is 2.47 bits per heavy atom. The van der Waals surface area contributed by atoms with Crippen LogP contribution in [0.3, 0.4) is 0 Å². The van der Waals surface area contributed by atoms with Gasteiger partial charge in [-0.2, -0.15) is 4.31 Å². The Balaban J connectivity index is 1.42. The van der Waals surface area contributed by atoms with Gasteiger partial charge >= 0.3 is 0 Å². The van der Waals surface area contributed by atoms with Crippen molar-refractivity contribution in [2.75, 3.05) is 25.1 Å². The Hall–Kier alpha value is -3.11. The third-order valence-electron chi connectivity index (χ3n) is 7.02. The summed E-state index contributed by atoms with van der Waals surface area (Å²) in [6, 6.07) is 19.7. The smallest absolute Gasteiger partial charge is 0.260 e. The number of benzene rings is 3. The Bertz CT molecular complexity index is 1540. The van der Waals surface area contributed by atoms with Gasteiger partial charge in [0.05, 0.1) is 27.8 Å². The summed E-state index contributed by atoms with van der Waals surface area (Å²) in [7, 11) is -2.16. The number of fused-ring (bicyclic) bond motifs is 1. The molecular formula is C29H31N3O4S2. The molecule has 1 fully saturated rings. The molecule has 1 unspecified atom stereocenters. The minimum absolute atomic E-state index is 0.0555. The Morgan fingerprint density at radius 2 is 1.79 bits per heavy atom. The van der Waals surface area contributed by atoms with E-state index < -0.39 is 10.0 Å². The highest BCUT2D eigenvalue weighted by Crippen LogP contribution is 2.33. The van der Waals surface area contributed by atoms with Crippen LogP contribution < -0.4 is 4.90 Å². The summed E-state index contributed by atoms with van der Waals surface area (Å²) in [5.41, 5.74) is 4.46. The quantitative estimate of drug-likeness (QED) is 0.288. The molecular weight excluding hydrogens is 518 g/mol. The van der Waals surface area contributed by atoms with E-state index >= 15 is 0 Å². The van der Waals surface area contributed by atoms with Gasteiger partial charge < -0.3 is 4.74 Å². The molecule has 0 spiro atoms. The third kappa shape index (κ3) is 5.37. The van der Waals surface area contributed by atoms with Crippen LogP contribution in [-0.2, 0) is 21.3 Å². The Labute approximate surface area is 227 Å². The zero-order valence-electron chi connectivity index (χ0n) is 21.8. The van der Waals surface area contributed by atoms with Gasteiger partial charge in [0.2, 0.25) is 10.0 Å². The van der Waals surface area contributed by atoms with Crippen molar-refractivity contribution in [3.8, 4) is 0 Å². The molecule has 0 bridgehead atoms. The largest absolute Gasteiger partial charge is 0.376 e. The number of amides is 1. The van der Waals surface area contributed by atoms with Gasteiger partial charge in [0.15, 0.2) is 5.13 Å². The van der Waals surface area contributed by atoms with E-state index in [0.29, 0.717) is 23.8 Å². The fraction of sp³-hybridized carbons (Fsp3) is 0.310. The van der Waals surface area contributed by atoms with Crippen molar-refractivity contribution in [1.29, 1.82) is 0 Å². The molecule has 1 atom stereocenters. The van der Waals surface area contributed by atoms with Crippen LogP contribution in [0.15, 0.2) is 71.6 Å². The summed E-state index contributed by atoms with van der Waals surface area (Å²) in [4.78, 5) is 20.4. The molecule has 3 aromatic carbocycles. The van der Waals surface area contributed by atoms with Crippen molar-refractivity contribution < 1.29 is 17.9 Å². The van der Waals surface area contributed by atoms with Crippen LogP contribution in [0.25, 0.3) is 10.2 Å². The lowest BCUT2D eigenvalue weighted by Crippen LogP contribution is -2.37. The first-order chi connectivity index (χ1) is 18.2. The predicted molar refractivity (Wildman–Crippen MR) is 151 cm³/mol. The molecule has 0 radical (unpaired) electrons. The summed E-state index contributed by atoms with van der Waals surface area (Å²) in [5, 5.41) is 0.619. The maximum absolute atomic E-state index is 13.8. The number of hydrogen-bond acceptors (Lipinski definition) is 6. The number of aromatic nitrogens is 1. The second kappa shape index (κ2) is 10.9. The molecule has 198 valence electrons. The van der Waals surface area contributed by atoms with E-state index in [1.807, 2.05) is 43.3 Å². The van der Waals surface area contributed by atoms with Gasteiger partial charge in [-0.1, -0.05) is 47.7 Å². The molecule has 0 N–H and O–H groups in total. The molecule has 1 aliphatic rings. The average molecular weight is 550 g/mol. The highest BCUT2D eigenvalue weighted by Gasteiger charge is 2.28. The van der Waals surface area contributed by atoms with Crippen LogP contribution >= 0.6 is 11.3 Å². The first-order valence-corrected chi connectivity index (χ1v) is 14.9. The molecule has 2 heterocycles. The van der Waals surface area contributed by atoms with Gasteiger partial charge in [0.25, 0.3) is 5.91 Å². The number of ether oxygens (including phenoxy) is 1. The zero-order chi connectivity index (χ0) is 26.9. The molecule has 1 saturated heterocycles. The number of anilines is 1. The number of rotatable bonds is 8. The van der Waals surface area contributed by atoms with E-state index in [9.17, 15) is 13.2 Å². The Kier molecular flexibility index (Phi) is 7.63. The fourth-order valence-corrected chi connectivity index (χ4v) is 6.79. The van der Waals surface area contributed by atoms with Crippen molar-refractivity contribution in [3.05, 3.63) is 89.0 Å². The van der Waals surface area contributed by atoms with Gasteiger partial charge in [-0.3, -0.25) is 9.69 Å². The topological polar surface area (TPSA) is 79.8 Å². The maximum atomic E-state index is 13.8. The molecule has 0 aliphatic carbocycles. The van der Waals surface area contributed by atoms with E-state index in [4.69, 9.17) is 9.72 Å². The normalized spacial score (nSPS) is 15.8. The average Bonchev–Trinajstić information content (AvgIpc) is 3.60. The first-order valence-electron chi connectivity index (χ1n) is 12.6. The number of thiazole rings is 1. The first kappa shape index (κ1) is 26.5. The van der Waals surface area contributed by atoms with E-state index in [2.05, 4.69) is 13.0 Å². The van der Waals surface area contributed by atoms with Gasteiger partial charge in [0.1, 0.15) is 0 Å². The van der Waals surface area contributed by atoms with Crippen LogP contribution in [0.1, 0.15) is 39.9 Å². The van der Waals surface area contributed by atoms with Crippen molar-refractivity contribution in [2.45, 2.75) is 44.2 Å². The van der Waals surface area contributed by atoms with Crippen molar-refractivity contribution >= 4 is 42.6 Å². The van der Waals surface area contributed by atoms with Crippen molar-refractivity contribution in [3.63, 3.8) is 0 Å². The van der Waals surface area contributed by atoms with Crippen LogP contribution in [0, 0.1) is 13.8 Å². The van der Waals surface area contributed by atoms with Crippen LogP contribution in [0.4, 0.5) is 5.13 Å². The predicted octanol–water partition coefficient (Wildman–Crippen LogP) is 5.56. The highest BCUT2D eigenvalue weighted by atomic mass is 32.2. The Morgan fingerprint density at radius 1 is 1.05 bits per heavy atom. The monoisotopic (exact) mass is 549 g/mol. The highest BCUT2D eigenvalue weighted by molar-refractivity contribution is 7.89. The number of aryl methyl sites for hydroxylation is 2. The van der Waals surface area contributed by atoms with E-state index in [0.717, 1.165) is 39.7 Å². The van der Waals surface area contributed by atoms with Gasteiger partial charge in [0, 0.05) is 25.8 Å². The molecule has 5 rings (SSSR count). The molecule has 38 heavy (non-hydrogen) atoms. The van der Waals surface area contributed by atoms with Crippen LogP contribution in [-0.4, -0.2) is 49.9 Å².